The lowest BCUT2D eigenvalue weighted by Crippen LogP contribution is -2.66. The fourth-order valence-corrected chi connectivity index (χ4v) is 5.17. The fraction of sp³-hybridized carbons (Fsp3) is 0.455. The van der Waals surface area contributed by atoms with Gasteiger partial charge in [0.15, 0.2) is 5.72 Å². The normalized spacial score (nSPS) is 30.5. The first kappa shape index (κ1) is 17.3. The van der Waals surface area contributed by atoms with Gasteiger partial charge in [0.05, 0.1) is 12.1 Å². The van der Waals surface area contributed by atoms with Crippen molar-refractivity contribution in [3.05, 3.63) is 53.5 Å². The summed E-state index contributed by atoms with van der Waals surface area (Å²) in [5, 5.41) is 6.15. The third kappa shape index (κ3) is 2.79. The molecule has 4 atom stereocenters. The zero-order valence-electron chi connectivity index (χ0n) is 15.9. The first-order chi connectivity index (χ1) is 13.5. The standard InChI is InChI=1S/C22H24N2O4/c1-13-6-9-16(27-13)12-23-20(25)18-10-15-8-7-14(18)11-22(15)24-21(26)17-4-2-3-5-19(17)28-22/h2-6,9,14-15,18H,7-8,10-12H2,1H3,(H,23,25)(H,24,26)/t14-,15+,18-,22-/m0/s1. The van der Waals surface area contributed by atoms with Crippen LogP contribution in [0.25, 0.3) is 0 Å². The summed E-state index contributed by atoms with van der Waals surface area (Å²) in [4.78, 5) is 25.5. The number of nitrogens with one attached hydrogen (secondary N) is 2. The van der Waals surface area contributed by atoms with Crippen molar-refractivity contribution in [2.45, 2.75) is 44.9 Å². The molecule has 2 amide bonds. The Labute approximate surface area is 163 Å². The molecule has 1 aromatic carbocycles. The van der Waals surface area contributed by atoms with Gasteiger partial charge in [-0.25, -0.2) is 0 Å². The van der Waals surface area contributed by atoms with E-state index in [0.717, 1.165) is 30.8 Å². The Morgan fingerprint density at radius 1 is 1.25 bits per heavy atom. The topological polar surface area (TPSA) is 80.6 Å². The minimum atomic E-state index is -0.677. The number of hydrogen-bond acceptors (Lipinski definition) is 4. The smallest absolute Gasteiger partial charge is 0.258 e. The Morgan fingerprint density at radius 3 is 2.86 bits per heavy atom. The van der Waals surface area contributed by atoms with Gasteiger partial charge in [-0.05, 0) is 56.4 Å². The van der Waals surface area contributed by atoms with E-state index in [1.807, 2.05) is 37.3 Å². The van der Waals surface area contributed by atoms with Gasteiger partial charge >= 0.3 is 0 Å². The Hall–Kier alpha value is -2.76. The SMILES string of the molecule is Cc1ccc(CNC(=O)[C@H]2C[C@H]3CC[C@H]2C[C@@]32NC(=O)c3ccccc3O2)o1. The molecule has 3 saturated carbocycles. The second-order valence-electron chi connectivity index (χ2n) is 8.25. The summed E-state index contributed by atoms with van der Waals surface area (Å²) in [6, 6.07) is 11.2. The van der Waals surface area contributed by atoms with Gasteiger partial charge in [-0.1, -0.05) is 12.1 Å². The first-order valence-corrected chi connectivity index (χ1v) is 9.98. The summed E-state index contributed by atoms with van der Waals surface area (Å²) < 4.78 is 11.9. The number of hydrogen-bond donors (Lipinski definition) is 2. The lowest BCUT2D eigenvalue weighted by atomic mass is 9.60. The number of aryl methyl sites for hydroxylation is 1. The third-order valence-electron chi connectivity index (χ3n) is 6.54. The Bertz CT molecular complexity index is 936. The summed E-state index contributed by atoms with van der Waals surface area (Å²) >= 11 is 0. The molecule has 6 nitrogen and oxygen atoms in total. The van der Waals surface area contributed by atoms with Crippen molar-refractivity contribution in [2.75, 3.05) is 0 Å². The highest BCUT2D eigenvalue weighted by molar-refractivity contribution is 5.98. The van der Waals surface area contributed by atoms with Crippen molar-refractivity contribution in [3.8, 4) is 5.75 Å². The van der Waals surface area contributed by atoms with Gasteiger partial charge in [0.2, 0.25) is 5.91 Å². The van der Waals surface area contributed by atoms with Crippen LogP contribution in [0, 0.1) is 24.7 Å². The van der Waals surface area contributed by atoms with Gasteiger partial charge in [0, 0.05) is 18.3 Å². The van der Waals surface area contributed by atoms with Crippen LogP contribution < -0.4 is 15.4 Å². The van der Waals surface area contributed by atoms with Gasteiger partial charge in [0.1, 0.15) is 17.3 Å². The van der Waals surface area contributed by atoms with Crippen LogP contribution in [0.4, 0.5) is 0 Å². The molecule has 1 aliphatic heterocycles. The summed E-state index contributed by atoms with van der Waals surface area (Å²) in [5.74, 6) is 2.54. The molecule has 1 spiro atoms. The van der Waals surface area contributed by atoms with E-state index in [-0.39, 0.29) is 29.6 Å². The molecule has 146 valence electrons. The monoisotopic (exact) mass is 380 g/mol. The van der Waals surface area contributed by atoms with Crippen molar-refractivity contribution < 1.29 is 18.7 Å². The van der Waals surface area contributed by atoms with Crippen LogP contribution in [0.5, 0.6) is 5.75 Å². The van der Waals surface area contributed by atoms with Crippen LogP contribution in [-0.2, 0) is 11.3 Å². The largest absolute Gasteiger partial charge is 0.467 e. The number of para-hydroxylation sites is 1. The van der Waals surface area contributed by atoms with Gasteiger partial charge in [-0.3, -0.25) is 9.59 Å². The fourth-order valence-electron chi connectivity index (χ4n) is 5.17. The molecular weight excluding hydrogens is 356 g/mol. The highest BCUT2D eigenvalue weighted by atomic mass is 16.5. The van der Waals surface area contributed by atoms with Gasteiger partial charge in [0.25, 0.3) is 5.91 Å². The van der Waals surface area contributed by atoms with E-state index in [1.165, 1.54) is 0 Å². The number of furan rings is 1. The number of rotatable bonds is 3. The molecule has 0 radical (unpaired) electrons. The summed E-state index contributed by atoms with van der Waals surface area (Å²) in [6.07, 6.45) is 3.37. The van der Waals surface area contributed by atoms with Crippen LogP contribution in [0.3, 0.4) is 0 Å². The molecule has 1 aromatic heterocycles. The third-order valence-corrected chi connectivity index (χ3v) is 6.54. The summed E-state index contributed by atoms with van der Waals surface area (Å²) in [6.45, 7) is 2.30. The van der Waals surface area contributed by atoms with Crippen molar-refractivity contribution in [3.63, 3.8) is 0 Å². The molecule has 4 aliphatic rings. The lowest BCUT2D eigenvalue weighted by molar-refractivity contribution is -0.146. The number of ether oxygens (including phenoxy) is 1. The molecule has 6 rings (SSSR count). The van der Waals surface area contributed by atoms with Crippen molar-refractivity contribution in [1.29, 1.82) is 0 Å². The minimum Gasteiger partial charge on any atom is -0.467 e. The second kappa shape index (κ2) is 6.40. The van der Waals surface area contributed by atoms with E-state index in [4.69, 9.17) is 9.15 Å². The molecular formula is C22H24N2O4. The zero-order chi connectivity index (χ0) is 19.3. The van der Waals surface area contributed by atoms with Crippen molar-refractivity contribution in [1.82, 2.24) is 10.6 Å². The van der Waals surface area contributed by atoms with Crippen LogP contribution in [-0.4, -0.2) is 17.5 Å². The highest BCUT2D eigenvalue weighted by Crippen LogP contribution is 2.52. The van der Waals surface area contributed by atoms with E-state index in [0.29, 0.717) is 24.3 Å². The lowest BCUT2D eigenvalue weighted by Gasteiger charge is -2.55. The number of amides is 2. The maximum atomic E-state index is 12.8. The number of benzene rings is 1. The van der Waals surface area contributed by atoms with E-state index in [1.54, 1.807) is 6.07 Å². The van der Waals surface area contributed by atoms with Crippen LogP contribution in [0.2, 0.25) is 0 Å². The molecule has 2 aromatic rings. The summed E-state index contributed by atoms with van der Waals surface area (Å²) in [5.41, 5.74) is -0.0962. The van der Waals surface area contributed by atoms with Crippen LogP contribution >= 0.6 is 0 Å². The first-order valence-electron chi connectivity index (χ1n) is 9.98. The predicted octanol–water partition coefficient (Wildman–Crippen LogP) is 3.16. The van der Waals surface area contributed by atoms with Gasteiger partial charge in [-0.2, -0.15) is 0 Å². The average molecular weight is 380 g/mol. The Kier molecular flexibility index (Phi) is 3.96. The molecule has 6 heteroatoms. The van der Waals surface area contributed by atoms with Gasteiger partial charge in [-0.15, -0.1) is 0 Å². The maximum Gasteiger partial charge on any atom is 0.258 e. The predicted molar refractivity (Wildman–Crippen MR) is 101 cm³/mol. The zero-order valence-corrected chi connectivity index (χ0v) is 15.9. The maximum absolute atomic E-state index is 12.8. The number of fused-ring (bicyclic) bond motifs is 3. The molecule has 2 N–H and O–H groups in total. The van der Waals surface area contributed by atoms with E-state index in [9.17, 15) is 9.59 Å². The quantitative estimate of drug-likeness (QED) is 0.857. The average Bonchev–Trinajstić information content (AvgIpc) is 3.11. The molecule has 2 heterocycles. The van der Waals surface area contributed by atoms with Crippen LogP contribution in [0.1, 0.15) is 47.6 Å². The van der Waals surface area contributed by atoms with E-state index < -0.39 is 5.72 Å². The molecule has 0 saturated heterocycles. The molecule has 28 heavy (non-hydrogen) atoms. The van der Waals surface area contributed by atoms with Crippen molar-refractivity contribution >= 4 is 11.8 Å². The van der Waals surface area contributed by atoms with Crippen molar-refractivity contribution in [2.24, 2.45) is 17.8 Å². The number of carbonyl (C=O) groups is 2. The molecule has 3 fully saturated rings. The summed E-state index contributed by atoms with van der Waals surface area (Å²) in [7, 11) is 0. The highest BCUT2D eigenvalue weighted by Gasteiger charge is 2.57. The molecule has 2 bridgehead atoms. The van der Waals surface area contributed by atoms with E-state index in [2.05, 4.69) is 10.6 Å². The van der Waals surface area contributed by atoms with Crippen LogP contribution in [0.15, 0.2) is 40.8 Å². The Balaban J connectivity index is 1.30. The Morgan fingerprint density at radius 2 is 2.11 bits per heavy atom. The molecule has 0 unspecified atom stereocenters. The second-order valence-corrected chi connectivity index (χ2v) is 8.25. The van der Waals surface area contributed by atoms with Gasteiger partial charge < -0.3 is 19.8 Å². The van der Waals surface area contributed by atoms with E-state index >= 15 is 0 Å². The minimum absolute atomic E-state index is 0.0434. The molecule has 3 aliphatic carbocycles. The number of carbonyl (C=O) groups excluding carboxylic acids is 2.